The topological polar surface area (TPSA) is 117 Å². The number of carboxylic acid groups (broad SMARTS) is 1. The zero-order valence-electron chi connectivity index (χ0n) is 20.0. The molecular formula is C27H27N7O2. The number of benzene rings is 1. The minimum Gasteiger partial charge on any atom is -0.481 e. The molecule has 0 atom stereocenters. The average Bonchev–Trinajstić information content (AvgIpc) is 2.90. The fourth-order valence-electron chi connectivity index (χ4n) is 4.30. The number of nitrogens with zero attached hydrogens (tertiary/aromatic N) is 6. The number of aromatic nitrogens is 5. The molecule has 182 valence electrons. The molecule has 0 saturated carbocycles. The summed E-state index contributed by atoms with van der Waals surface area (Å²) in [5, 5.41) is 12.4. The molecule has 0 amide bonds. The van der Waals surface area contributed by atoms with E-state index in [1.807, 2.05) is 25.1 Å². The minimum atomic E-state index is -0.690. The van der Waals surface area contributed by atoms with E-state index < -0.39 is 5.97 Å². The van der Waals surface area contributed by atoms with Gasteiger partial charge in [0.15, 0.2) is 5.82 Å². The van der Waals surface area contributed by atoms with Crippen molar-refractivity contribution in [2.75, 3.05) is 23.3 Å². The Balaban J connectivity index is 1.23. The molecule has 0 aliphatic carbocycles. The van der Waals surface area contributed by atoms with Crippen molar-refractivity contribution < 1.29 is 9.90 Å². The number of rotatable bonds is 7. The Morgan fingerprint density at radius 3 is 2.39 bits per heavy atom. The first-order valence-electron chi connectivity index (χ1n) is 12.0. The van der Waals surface area contributed by atoms with Crippen LogP contribution in [0.25, 0.3) is 11.5 Å². The summed E-state index contributed by atoms with van der Waals surface area (Å²) in [5.41, 5.74) is 3.84. The van der Waals surface area contributed by atoms with Crippen LogP contribution in [0, 0.1) is 12.8 Å². The van der Waals surface area contributed by atoms with Crippen molar-refractivity contribution in [2.24, 2.45) is 5.92 Å². The molecule has 1 aliphatic rings. The molecule has 2 N–H and O–H groups in total. The summed E-state index contributed by atoms with van der Waals surface area (Å²) >= 11 is 0. The molecule has 3 aromatic heterocycles. The molecule has 9 nitrogen and oxygen atoms in total. The van der Waals surface area contributed by atoms with E-state index in [-0.39, 0.29) is 5.92 Å². The third kappa shape index (κ3) is 5.63. The van der Waals surface area contributed by atoms with Crippen molar-refractivity contribution in [3.05, 3.63) is 84.1 Å². The van der Waals surface area contributed by atoms with Crippen LogP contribution in [-0.4, -0.2) is 49.1 Å². The molecule has 0 bridgehead atoms. The van der Waals surface area contributed by atoms with E-state index in [1.54, 1.807) is 24.5 Å². The Hall–Kier alpha value is -4.40. The Bertz CT molecular complexity index is 1350. The van der Waals surface area contributed by atoms with Crippen LogP contribution in [0.3, 0.4) is 0 Å². The third-order valence-corrected chi connectivity index (χ3v) is 6.24. The maximum Gasteiger partial charge on any atom is 0.306 e. The van der Waals surface area contributed by atoms with Gasteiger partial charge >= 0.3 is 5.97 Å². The van der Waals surface area contributed by atoms with Crippen molar-refractivity contribution in [3.63, 3.8) is 0 Å². The average molecular weight is 482 g/mol. The number of nitrogens with one attached hydrogen (secondary N) is 1. The number of aryl methyl sites for hydroxylation is 1. The molecule has 9 heteroatoms. The molecule has 5 rings (SSSR count). The van der Waals surface area contributed by atoms with Crippen LogP contribution in [0.5, 0.6) is 0 Å². The Labute approximate surface area is 209 Å². The van der Waals surface area contributed by atoms with E-state index >= 15 is 0 Å². The van der Waals surface area contributed by atoms with E-state index in [9.17, 15) is 9.90 Å². The van der Waals surface area contributed by atoms with E-state index in [1.165, 1.54) is 0 Å². The van der Waals surface area contributed by atoms with Gasteiger partial charge in [0, 0.05) is 43.3 Å². The quantitative estimate of drug-likeness (QED) is 0.399. The van der Waals surface area contributed by atoms with E-state index in [0.29, 0.717) is 42.5 Å². The number of pyridine rings is 1. The van der Waals surface area contributed by atoms with Crippen molar-refractivity contribution >= 4 is 23.3 Å². The van der Waals surface area contributed by atoms with E-state index in [2.05, 4.69) is 59.4 Å². The van der Waals surface area contributed by atoms with Crippen LogP contribution < -0.4 is 10.2 Å². The molecular weight excluding hydrogens is 454 g/mol. The summed E-state index contributed by atoms with van der Waals surface area (Å²) < 4.78 is 0. The van der Waals surface area contributed by atoms with Gasteiger partial charge in [0.25, 0.3) is 0 Å². The van der Waals surface area contributed by atoms with Gasteiger partial charge in [0.1, 0.15) is 23.2 Å². The van der Waals surface area contributed by atoms with Gasteiger partial charge in [-0.15, -0.1) is 0 Å². The summed E-state index contributed by atoms with van der Waals surface area (Å²) in [6, 6.07) is 17.7. The standard InChI is InChI=1S/C27H27N7O2/c1-18-3-2-4-22(30-18)26-29-14-10-24(33-26)31-23-9-13-28-25(32-23)17-19-5-7-21(8-6-19)34-15-11-20(12-16-34)27(35)36/h2-10,13-14,20H,11-12,15-17H2,1H3,(H,35,36)(H,28,29,31,32,33). The summed E-state index contributed by atoms with van der Waals surface area (Å²) in [6.45, 7) is 3.46. The predicted molar refractivity (Wildman–Crippen MR) is 137 cm³/mol. The molecule has 4 aromatic rings. The van der Waals surface area contributed by atoms with Crippen molar-refractivity contribution in [2.45, 2.75) is 26.2 Å². The maximum atomic E-state index is 11.2. The van der Waals surface area contributed by atoms with Gasteiger partial charge in [-0.05, 0) is 61.7 Å². The monoisotopic (exact) mass is 481 g/mol. The molecule has 1 aromatic carbocycles. The molecule has 4 heterocycles. The fourth-order valence-corrected chi connectivity index (χ4v) is 4.30. The lowest BCUT2D eigenvalue weighted by Gasteiger charge is -2.32. The van der Waals surface area contributed by atoms with Crippen molar-refractivity contribution in [1.82, 2.24) is 24.9 Å². The van der Waals surface area contributed by atoms with Crippen LogP contribution in [0.4, 0.5) is 17.3 Å². The normalized spacial score (nSPS) is 14.0. The zero-order valence-corrected chi connectivity index (χ0v) is 20.0. The van der Waals surface area contributed by atoms with Crippen LogP contribution in [0.2, 0.25) is 0 Å². The van der Waals surface area contributed by atoms with E-state index in [0.717, 1.165) is 35.7 Å². The number of hydrogen-bond acceptors (Lipinski definition) is 8. The van der Waals surface area contributed by atoms with Gasteiger partial charge in [-0.3, -0.25) is 4.79 Å². The third-order valence-electron chi connectivity index (χ3n) is 6.24. The number of aliphatic carboxylic acids is 1. The van der Waals surface area contributed by atoms with Gasteiger partial charge in [0.2, 0.25) is 0 Å². The lowest BCUT2D eigenvalue weighted by molar-refractivity contribution is -0.142. The van der Waals surface area contributed by atoms with Crippen LogP contribution >= 0.6 is 0 Å². The molecule has 0 unspecified atom stereocenters. The largest absolute Gasteiger partial charge is 0.481 e. The predicted octanol–water partition coefficient (Wildman–Crippen LogP) is 4.27. The van der Waals surface area contributed by atoms with Crippen LogP contribution in [0.1, 0.15) is 29.9 Å². The molecule has 0 spiro atoms. The maximum absolute atomic E-state index is 11.2. The molecule has 1 saturated heterocycles. The highest BCUT2D eigenvalue weighted by molar-refractivity contribution is 5.70. The highest BCUT2D eigenvalue weighted by Crippen LogP contribution is 2.24. The summed E-state index contributed by atoms with van der Waals surface area (Å²) in [4.78, 5) is 35.9. The second kappa shape index (κ2) is 10.5. The van der Waals surface area contributed by atoms with E-state index in [4.69, 9.17) is 0 Å². The Kier molecular flexibility index (Phi) is 6.79. The Morgan fingerprint density at radius 1 is 0.944 bits per heavy atom. The van der Waals surface area contributed by atoms with Gasteiger partial charge in [-0.25, -0.2) is 24.9 Å². The highest BCUT2D eigenvalue weighted by Gasteiger charge is 2.24. The smallest absolute Gasteiger partial charge is 0.306 e. The second-order valence-corrected chi connectivity index (χ2v) is 8.86. The molecule has 0 radical (unpaired) electrons. The van der Waals surface area contributed by atoms with Crippen molar-refractivity contribution in [1.29, 1.82) is 0 Å². The zero-order chi connectivity index (χ0) is 24.9. The second-order valence-electron chi connectivity index (χ2n) is 8.86. The van der Waals surface area contributed by atoms with Gasteiger partial charge in [0.05, 0.1) is 5.92 Å². The van der Waals surface area contributed by atoms with Crippen LogP contribution in [-0.2, 0) is 11.2 Å². The first-order chi connectivity index (χ1) is 17.5. The SMILES string of the molecule is Cc1cccc(-c2nccc(Nc3ccnc(Cc4ccc(N5CCC(C(=O)O)CC5)cc4)n3)n2)n1. The fraction of sp³-hybridized carbons (Fsp3) is 0.259. The molecule has 36 heavy (non-hydrogen) atoms. The number of anilines is 3. The molecule has 1 aliphatic heterocycles. The van der Waals surface area contributed by atoms with Gasteiger partial charge < -0.3 is 15.3 Å². The van der Waals surface area contributed by atoms with Crippen LogP contribution in [0.15, 0.2) is 67.0 Å². The molecule has 1 fully saturated rings. The highest BCUT2D eigenvalue weighted by atomic mass is 16.4. The number of carbonyl (C=O) groups is 1. The summed E-state index contributed by atoms with van der Waals surface area (Å²) in [7, 11) is 0. The summed E-state index contributed by atoms with van der Waals surface area (Å²) in [5.74, 6) is 1.61. The number of hydrogen-bond donors (Lipinski definition) is 2. The lowest BCUT2D eigenvalue weighted by atomic mass is 9.96. The minimum absolute atomic E-state index is 0.230. The van der Waals surface area contributed by atoms with Gasteiger partial charge in [-0.2, -0.15) is 0 Å². The first-order valence-corrected chi connectivity index (χ1v) is 12.0. The number of piperidine rings is 1. The lowest BCUT2D eigenvalue weighted by Crippen LogP contribution is -2.36. The van der Waals surface area contributed by atoms with Gasteiger partial charge in [-0.1, -0.05) is 18.2 Å². The Morgan fingerprint density at radius 2 is 1.67 bits per heavy atom. The van der Waals surface area contributed by atoms with Crippen molar-refractivity contribution in [3.8, 4) is 11.5 Å². The first kappa shape index (κ1) is 23.3. The summed E-state index contributed by atoms with van der Waals surface area (Å²) in [6.07, 6.45) is 5.39. The number of carboxylic acids is 1.